The molecule has 0 amide bonds. The first-order chi connectivity index (χ1) is 7.65. The Hall–Kier alpha value is -1.69. The highest BCUT2D eigenvalue weighted by Gasteiger charge is 2.05. The van der Waals surface area contributed by atoms with Gasteiger partial charge in [0.25, 0.3) is 0 Å². The lowest BCUT2D eigenvalue weighted by molar-refractivity contribution is -0.0498. The number of ether oxygens (including phenoxy) is 1. The highest BCUT2D eigenvalue weighted by Crippen LogP contribution is 2.25. The Balaban J connectivity index is 2.19. The molecule has 0 unspecified atom stereocenters. The van der Waals surface area contributed by atoms with Gasteiger partial charge in [-0.3, -0.25) is 0 Å². The van der Waals surface area contributed by atoms with Crippen LogP contribution in [0.2, 0.25) is 0 Å². The Morgan fingerprint density at radius 1 is 1.25 bits per heavy atom. The van der Waals surface area contributed by atoms with Crippen LogP contribution in [0.3, 0.4) is 0 Å². The standard InChI is InChI=1S/C10H8F2N2OS/c11-9(12)15-7-3-1-6(2-4-7)8-5-16-10(13)14-8/h1-5,9H,(H2,13,14). The lowest BCUT2D eigenvalue weighted by Crippen LogP contribution is -2.01. The number of anilines is 1. The molecule has 84 valence electrons. The Morgan fingerprint density at radius 3 is 2.44 bits per heavy atom. The van der Waals surface area contributed by atoms with E-state index in [1.165, 1.54) is 23.5 Å². The zero-order valence-electron chi connectivity index (χ0n) is 8.06. The summed E-state index contributed by atoms with van der Waals surface area (Å²) in [7, 11) is 0. The molecule has 0 aliphatic carbocycles. The van der Waals surface area contributed by atoms with Crippen LogP contribution in [0.4, 0.5) is 13.9 Å². The van der Waals surface area contributed by atoms with Crippen molar-refractivity contribution in [3.63, 3.8) is 0 Å². The molecule has 0 bridgehead atoms. The number of nitrogens with zero attached hydrogens (tertiary/aromatic N) is 1. The summed E-state index contributed by atoms with van der Waals surface area (Å²) in [4.78, 5) is 4.08. The minimum Gasteiger partial charge on any atom is -0.435 e. The Labute approximate surface area is 94.5 Å². The van der Waals surface area contributed by atoms with Crippen molar-refractivity contribution >= 4 is 16.5 Å². The third kappa shape index (κ3) is 2.46. The molecule has 2 N–H and O–H groups in total. The van der Waals surface area contributed by atoms with Crippen LogP contribution in [-0.2, 0) is 0 Å². The van der Waals surface area contributed by atoms with Gasteiger partial charge in [0.1, 0.15) is 5.75 Å². The number of hydrogen-bond acceptors (Lipinski definition) is 4. The number of alkyl halides is 2. The van der Waals surface area contributed by atoms with Crippen LogP contribution in [0.1, 0.15) is 0 Å². The van der Waals surface area contributed by atoms with Gasteiger partial charge in [0.05, 0.1) is 5.69 Å². The molecule has 0 radical (unpaired) electrons. The molecule has 0 saturated heterocycles. The van der Waals surface area contributed by atoms with Crippen molar-refractivity contribution in [1.29, 1.82) is 0 Å². The first kappa shape index (κ1) is 10.8. The highest BCUT2D eigenvalue weighted by atomic mass is 32.1. The summed E-state index contributed by atoms with van der Waals surface area (Å²) in [6.07, 6.45) is 0. The molecule has 1 aromatic carbocycles. The van der Waals surface area contributed by atoms with Crippen molar-refractivity contribution in [2.24, 2.45) is 0 Å². The van der Waals surface area contributed by atoms with Crippen molar-refractivity contribution in [3.8, 4) is 17.0 Å². The van der Waals surface area contributed by atoms with Crippen LogP contribution in [0.25, 0.3) is 11.3 Å². The zero-order chi connectivity index (χ0) is 11.5. The van der Waals surface area contributed by atoms with Crippen molar-refractivity contribution < 1.29 is 13.5 Å². The SMILES string of the molecule is Nc1nc(-c2ccc(OC(F)F)cc2)cs1. The molecule has 1 aromatic heterocycles. The van der Waals surface area contributed by atoms with E-state index in [1.54, 1.807) is 17.5 Å². The normalized spacial score (nSPS) is 10.7. The van der Waals surface area contributed by atoms with Crippen molar-refractivity contribution in [1.82, 2.24) is 4.98 Å². The smallest absolute Gasteiger partial charge is 0.387 e. The van der Waals surface area contributed by atoms with Gasteiger partial charge in [-0.2, -0.15) is 8.78 Å². The summed E-state index contributed by atoms with van der Waals surface area (Å²) in [6.45, 7) is -2.80. The number of halogens is 2. The first-order valence-electron chi connectivity index (χ1n) is 4.41. The fourth-order valence-corrected chi connectivity index (χ4v) is 1.80. The number of benzene rings is 1. The minimum atomic E-state index is -2.80. The van der Waals surface area contributed by atoms with Crippen LogP contribution >= 0.6 is 11.3 Å². The molecular formula is C10H8F2N2OS. The van der Waals surface area contributed by atoms with E-state index < -0.39 is 6.61 Å². The number of aromatic nitrogens is 1. The molecule has 3 nitrogen and oxygen atoms in total. The quantitative estimate of drug-likeness (QED) is 0.900. The summed E-state index contributed by atoms with van der Waals surface area (Å²) in [5, 5.41) is 2.28. The van der Waals surface area contributed by atoms with E-state index in [1.807, 2.05) is 0 Å². The second-order valence-electron chi connectivity index (χ2n) is 2.97. The maximum Gasteiger partial charge on any atom is 0.387 e. The molecule has 16 heavy (non-hydrogen) atoms. The molecule has 2 aromatic rings. The number of nitrogen functional groups attached to an aromatic ring is 1. The van der Waals surface area contributed by atoms with Gasteiger partial charge in [0.2, 0.25) is 0 Å². The second-order valence-corrected chi connectivity index (χ2v) is 3.86. The topological polar surface area (TPSA) is 48.1 Å². The predicted molar refractivity (Wildman–Crippen MR) is 58.6 cm³/mol. The van der Waals surface area contributed by atoms with E-state index in [2.05, 4.69) is 9.72 Å². The average Bonchev–Trinajstić information content (AvgIpc) is 2.65. The van der Waals surface area contributed by atoms with Gasteiger partial charge < -0.3 is 10.5 Å². The molecule has 2 rings (SSSR count). The Kier molecular flexibility index (Phi) is 3.00. The molecule has 6 heteroatoms. The molecule has 0 atom stereocenters. The van der Waals surface area contributed by atoms with E-state index in [9.17, 15) is 8.78 Å². The maximum atomic E-state index is 11.9. The third-order valence-corrected chi connectivity index (χ3v) is 2.57. The molecular weight excluding hydrogens is 234 g/mol. The average molecular weight is 242 g/mol. The number of hydrogen-bond donors (Lipinski definition) is 1. The molecule has 0 fully saturated rings. The zero-order valence-corrected chi connectivity index (χ0v) is 8.88. The highest BCUT2D eigenvalue weighted by molar-refractivity contribution is 7.13. The van der Waals surface area contributed by atoms with Gasteiger partial charge >= 0.3 is 6.61 Å². The summed E-state index contributed by atoms with van der Waals surface area (Å²) in [6, 6.07) is 6.26. The van der Waals surface area contributed by atoms with Gasteiger partial charge in [0, 0.05) is 10.9 Å². The van der Waals surface area contributed by atoms with Crippen LogP contribution < -0.4 is 10.5 Å². The summed E-state index contributed by atoms with van der Waals surface area (Å²) >= 11 is 1.33. The summed E-state index contributed by atoms with van der Waals surface area (Å²) in [5.41, 5.74) is 7.04. The van der Waals surface area contributed by atoms with E-state index in [4.69, 9.17) is 5.73 Å². The second kappa shape index (κ2) is 4.44. The number of rotatable bonds is 3. The Morgan fingerprint density at radius 2 is 1.94 bits per heavy atom. The lowest BCUT2D eigenvalue weighted by Gasteiger charge is -2.04. The number of nitrogens with two attached hydrogens (primary N) is 1. The largest absolute Gasteiger partial charge is 0.435 e. The lowest BCUT2D eigenvalue weighted by atomic mass is 10.2. The van der Waals surface area contributed by atoms with E-state index in [0.717, 1.165) is 11.3 Å². The van der Waals surface area contributed by atoms with Gasteiger partial charge in [-0.15, -0.1) is 11.3 Å². The Bertz CT molecular complexity index is 470. The van der Waals surface area contributed by atoms with Crippen molar-refractivity contribution in [2.45, 2.75) is 6.61 Å². The van der Waals surface area contributed by atoms with Gasteiger partial charge in [-0.1, -0.05) is 0 Å². The van der Waals surface area contributed by atoms with Crippen LogP contribution in [-0.4, -0.2) is 11.6 Å². The van der Waals surface area contributed by atoms with Gasteiger partial charge in [0.15, 0.2) is 5.13 Å². The van der Waals surface area contributed by atoms with Gasteiger partial charge in [-0.25, -0.2) is 4.98 Å². The third-order valence-electron chi connectivity index (χ3n) is 1.90. The van der Waals surface area contributed by atoms with E-state index in [0.29, 0.717) is 5.13 Å². The van der Waals surface area contributed by atoms with Crippen molar-refractivity contribution in [3.05, 3.63) is 29.6 Å². The van der Waals surface area contributed by atoms with Crippen LogP contribution in [0.5, 0.6) is 5.75 Å². The maximum absolute atomic E-state index is 11.9. The molecule has 0 aliphatic heterocycles. The van der Waals surface area contributed by atoms with Crippen LogP contribution in [0.15, 0.2) is 29.6 Å². The van der Waals surface area contributed by atoms with E-state index in [-0.39, 0.29) is 5.75 Å². The van der Waals surface area contributed by atoms with Crippen molar-refractivity contribution in [2.75, 3.05) is 5.73 Å². The summed E-state index contributed by atoms with van der Waals surface area (Å²) < 4.78 is 28.0. The minimum absolute atomic E-state index is 0.127. The van der Waals surface area contributed by atoms with Gasteiger partial charge in [-0.05, 0) is 24.3 Å². The molecule has 0 saturated carbocycles. The fourth-order valence-electron chi connectivity index (χ4n) is 1.23. The number of thiazole rings is 1. The van der Waals surface area contributed by atoms with Crippen LogP contribution in [0, 0.1) is 0 Å². The van der Waals surface area contributed by atoms with E-state index >= 15 is 0 Å². The first-order valence-corrected chi connectivity index (χ1v) is 5.29. The molecule has 0 spiro atoms. The molecule has 0 aliphatic rings. The fraction of sp³-hybridized carbons (Fsp3) is 0.100. The summed E-state index contributed by atoms with van der Waals surface area (Å²) in [5.74, 6) is 0.127. The molecule has 1 heterocycles. The monoisotopic (exact) mass is 242 g/mol. The predicted octanol–water partition coefficient (Wildman–Crippen LogP) is 2.99.